The second-order valence-electron chi connectivity index (χ2n) is 2.76. The molecule has 0 radical (unpaired) electrons. The van der Waals surface area contributed by atoms with Crippen LogP contribution in [0.5, 0.6) is 0 Å². The molecule has 1 rings (SSSR count). The summed E-state index contributed by atoms with van der Waals surface area (Å²) in [5, 5.41) is 0. The van der Waals surface area contributed by atoms with Crippen molar-refractivity contribution in [2.24, 2.45) is 0 Å². The van der Waals surface area contributed by atoms with E-state index in [0.29, 0.717) is 3.12 Å². The minimum absolute atomic E-state index is 0. The van der Waals surface area contributed by atoms with Crippen molar-refractivity contribution >= 4 is 0 Å². The number of allylic oxidation sites excluding steroid dienone is 4. The van der Waals surface area contributed by atoms with Gasteiger partial charge in [-0.1, -0.05) is 0 Å². The van der Waals surface area contributed by atoms with Crippen LogP contribution in [-0.2, 0) is 23.2 Å². The Labute approximate surface area is 99.3 Å². The summed E-state index contributed by atoms with van der Waals surface area (Å²) in [6, 6.07) is 0. The van der Waals surface area contributed by atoms with E-state index in [1.165, 1.54) is 12.8 Å². The van der Waals surface area contributed by atoms with Crippen LogP contribution in [0.4, 0.5) is 0 Å². The van der Waals surface area contributed by atoms with E-state index in [1.54, 1.807) is 0 Å². The van der Waals surface area contributed by atoms with Crippen molar-refractivity contribution in [2.45, 2.75) is 27.5 Å². The Bertz CT molecular complexity index is 152. The zero-order chi connectivity index (χ0) is 7.45. The van der Waals surface area contributed by atoms with Crippen LogP contribution in [0.25, 0.3) is 0 Å². The summed E-state index contributed by atoms with van der Waals surface area (Å²) in [4.78, 5) is 0. The average molecular weight is 284 g/mol. The standard InChI is InChI=1S/C8H11.CH3.2ClH.Zr/c1-2-5-8-6-3-4-7-8;;;;/h3-4,6-7H,2,5H2,1H3;1H3;2*1H;/q;;;;+2/p-2. The number of hydrogen-bond acceptors (Lipinski definition) is 0. The molecule has 1 aliphatic carbocycles. The topological polar surface area (TPSA) is 0 Å². The summed E-state index contributed by atoms with van der Waals surface area (Å²) in [5.74, 6) is 0. The van der Waals surface area contributed by atoms with Crippen molar-refractivity contribution in [1.82, 2.24) is 0 Å². The fourth-order valence-electron chi connectivity index (χ4n) is 1.38. The first kappa shape index (κ1) is 15.4. The molecule has 0 saturated heterocycles. The van der Waals surface area contributed by atoms with E-state index in [-0.39, 0.29) is 48.0 Å². The maximum atomic E-state index is 2.43. The first-order valence-corrected chi connectivity index (χ1v) is 7.58. The van der Waals surface area contributed by atoms with Crippen LogP contribution in [0.1, 0.15) is 19.8 Å². The summed E-state index contributed by atoms with van der Waals surface area (Å²) < 4.78 is 3.02. The van der Waals surface area contributed by atoms with E-state index in [2.05, 4.69) is 35.9 Å². The predicted octanol–water partition coefficient (Wildman–Crippen LogP) is -2.79. The minimum atomic E-state index is -0.157. The van der Waals surface area contributed by atoms with E-state index in [9.17, 15) is 0 Å². The Balaban J connectivity index is 0. The summed E-state index contributed by atoms with van der Waals surface area (Å²) >= 11 is -0.157. The molecule has 0 aliphatic heterocycles. The quantitative estimate of drug-likeness (QED) is 0.526. The van der Waals surface area contributed by atoms with Crippen LogP contribution in [0.2, 0.25) is 7.75 Å². The maximum absolute atomic E-state index is 2.43. The molecule has 0 aromatic rings. The molecule has 0 atom stereocenters. The molecule has 0 nitrogen and oxygen atoms in total. The number of hydrogen-bond donors (Lipinski definition) is 0. The Hall–Kier alpha value is 0.943. The Morgan fingerprint density at radius 2 is 1.67 bits per heavy atom. The molecule has 0 aromatic carbocycles. The SMILES string of the molecule is CCC[C]1([Zr+2][CH3])C=CC=C1.[Cl-].[Cl-]. The maximum Gasteiger partial charge on any atom is -1.00 e. The zero-order valence-corrected chi connectivity index (χ0v) is 11.4. The van der Waals surface area contributed by atoms with Crippen LogP contribution < -0.4 is 24.8 Å². The Morgan fingerprint density at radius 1 is 1.17 bits per heavy atom. The molecule has 0 fully saturated rings. The molecule has 12 heavy (non-hydrogen) atoms. The first-order chi connectivity index (χ1) is 4.83. The van der Waals surface area contributed by atoms with E-state index < -0.39 is 0 Å². The van der Waals surface area contributed by atoms with E-state index in [0.717, 1.165) is 0 Å². The Morgan fingerprint density at radius 3 is 2.00 bits per heavy atom. The summed E-state index contributed by atoms with van der Waals surface area (Å²) in [6.45, 7) is 2.27. The first-order valence-electron chi connectivity index (χ1n) is 3.89. The van der Waals surface area contributed by atoms with Crippen LogP contribution in [-0.4, -0.2) is 0 Å². The van der Waals surface area contributed by atoms with Gasteiger partial charge in [-0.2, -0.15) is 0 Å². The summed E-state index contributed by atoms with van der Waals surface area (Å²) in [5.41, 5.74) is 0. The number of rotatable bonds is 3. The van der Waals surface area contributed by atoms with Gasteiger partial charge in [0.25, 0.3) is 0 Å². The van der Waals surface area contributed by atoms with Gasteiger partial charge in [0.1, 0.15) is 0 Å². The van der Waals surface area contributed by atoms with Crippen LogP contribution in [0, 0.1) is 0 Å². The van der Waals surface area contributed by atoms with Crippen molar-refractivity contribution in [3.05, 3.63) is 24.3 Å². The van der Waals surface area contributed by atoms with Gasteiger partial charge in [0.05, 0.1) is 0 Å². The van der Waals surface area contributed by atoms with Crippen molar-refractivity contribution in [1.29, 1.82) is 0 Å². The van der Waals surface area contributed by atoms with Crippen molar-refractivity contribution < 1.29 is 48.0 Å². The van der Waals surface area contributed by atoms with Gasteiger partial charge >= 0.3 is 75.1 Å². The predicted molar refractivity (Wildman–Crippen MR) is 41.7 cm³/mol. The van der Waals surface area contributed by atoms with Gasteiger partial charge in [-0.05, 0) is 0 Å². The molecular weight excluding hydrogens is 270 g/mol. The van der Waals surface area contributed by atoms with Crippen LogP contribution in [0.3, 0.4) is 0 Å². The molecule has 0 N–H and O–H groups in total. The van der Waals surface area contributed by atoms with Crippen molar-refractivity contribution in [2.75, 3.05) is 0 Å². The van der Waals surface area contributed by atoms with Gasteiger partial charge in [0.2, 0.25) is 0 Å². The third-order valence-corrected chi connectivity index (χ3v) is 5.75. The van der Waals surface area contributed by atoms with E-state index in [1.807, 2.05) is 0 Å². The fourth-order valence-corrected chi connectivity index (χ4v) is 3.90. The second kappa shape index (κ2) is 7.36. The third kappa shape index (κ3) is 3.77. The van der Waals surface area contributed by atoms with Gasteiger partial charge in [0, 0.05) is 0 Å². The monoisotopic (exact) mass is 282 g/mol. The van der Waals surface area contributed by atoms with Gasteiger partial charge in [-0.25, -0.2) is 0 Å². The van der Waals surface area contributed by atoms with Crippen molar-refractivity contribution in [3.63, 3.8) is 0 Å². The molecule has 1 aliphatic rings. The molecule has 0 heterocycles. The molecule has 0 aromatic heterocycles. The Kier molecular flexibility index (Phi) is 9.45. The summed E-state index contributed by atoms with van der Waals surface area (Å²) in [7, 11) is 0. The molecule has 0 amide bonds. The van der Waals surface area contributed by atoms with Gasteiger partial charge in [-0.3, -0.25) is 0 Å². The minimum Gasteiger partial charge on any atom is -1.00 e. The largest absolute Gasteiger partial charge is 1.00 e. The molecule has 0 spiro atoms. The fraction of sp³-hybridized carbons (Fsp3) is 0.556. The van der Waals surface area contributed by atoms with Crippen LogP contribution in [0.15, 0.2) is 24.3 Å². The third-order valence-electron chi connectivity index (χ3n) is 2.03. The molecule has 68 valence electrons. The van der Waals surface area contributed by atoms with Crippen molar-refractivity contribution in [3.8, 4) is 0 Å². The molecule has 0 unspecified atom stereocenters. The normalized spacial score (nSPS) is 16.2. The van der Waals surface area contributed by atoms with E-state index >= 15 is 0 Å². The van der Waals surface area contributed by atoms with Gasteiger partial charge in [-0.15, -0.1) is 0 Å². The molecule has 0 saturated carbocycles. The average Bonchev–Trinajstić information content (AvgIpc) is 2.39. The smallest absolute Gasteiger partial charge is 1.00 e. The molecular formula is C9H14Cl2Zr. The van der Waals surface area contributed by atoms with E-state index in [4.69, 9.17) is 0 Å². The summed E-state index contributed by atoms with van der Waals surface area (Å²) in [6.07, 6.45) is 11.9. The van der Waals surface area contributed by atoms with Gasteiger partial charge in [0.15, 0.2) is 0 Å². The number of halogens is 2. The van der Waals surface area contributed by atoms with Gasteiger partial charge < -0.3 is 24.8 Å². The molecule has 0 bridgehead atoms. The van der Waals surface area contributed by atoms with Crippen LogP contribution >= 0.6 is 0 Å². The molecule has 3 heteroatoms. The zero-order valence-electron chi connectivity index (χ0n) is 7.48. The second-order valence-corrected chi connectivity index (χ2v) is 6.28.